The molecular weight excluding hydrogens is 324 g/mol. The molecule has 0 bridgehead atoms. The lowest BCUT2D eigenvalue weighted by molar-refractivity contribution is 0.415. The number of hydrogen-bond acceptors (Lipinski definition) is 4. The summed E-state index contributed by atoms with van der Waals surface area (Å²) in [6.45, 7) is 0. The number of anilines is 2. The third kappa shape index (κ3) is 2.72. The van der Waals surface area contributed by atoms with E-state index in [1.54, 1.807) is 18.4 Å². The lowest BCUT2D eigenvalue weighted by Crippen LogP contribution is -1.90. The summed E-state index contributed by atoms with van der Waals surface area (Å²) in [6, 6.07) is 13.9. The molecule has 1 N–H and O–H groups in total. The van der Waals surface area contributed by atoms with E-state index in [4.69, 9.17) is 4.74 Å². The fraction of sp³-hybridized carbons (Fsp3) is 0.0714. The summed E-state index contributed by atoms with van der Waals surface area (Å²) in [7, 11) is 1.66. The van der Waals surface area contributed by atoms with E-state index < -0.39 is 0 Å². The van der Waals surface area contributed by atoms with E-state index in [1.165, 1.54) is 0 Å². The minimum Gasteiger partial charge on any atom is -0.497 e. The van der Waals surface area contributed by atoms with Crippen LogP contribution < -0.4 is 10.1 Å². The SMILES string of the molecule is COc1cccc(Nc2nc3ccc(Br)cc3s2)c1. The number of thiazole rings is 1. The van der Waals surface area contributed by atoms with Crippen molar-refractivity contribution in [3.8, 4) is 5.75 Å². The highest BCUT2D eigenvalue weighted by Crippen LogP contribution is 2.30. The molecule has 1 heterocycles. The minimum atomic E-state index is 0.828. The molecule has 3 aromatic rings. The van der Waals surface area contributed by atoms with Gasteiger partial charge in [-0.2, -0.15) is 0 Å². The minimum absolute atomic E-state index is 0.828. The van der Waals surface area contributed by atoms with Crippen molar-refractivity contribution >= 4 is 48.3 Å². The molecule has 3 rings (SSSR count). The molecular formula is C14H11BrN2OS. The maximum Gasteiger partial charge on any atom is 0.188 e. The molecule has 0 amide bonds. The Morgan fingerprint density at radius 1 is 1.21 bits per heavy atom. The van der Waals surface area contributed by atoms with Crippen LogP contribution in [0.3, 0.4) is 0 Å². The average molecular weight is 335 g/mol. The van der Waals surface area contributed by atoms with Crippen molar-refractivity contribution in [2.45, 2.75) is 0 Å². The van der Waals surface area contributed by atoms with Gasteiger partial charge in [-0.1, -0.05) is 33.3 Å². The number of hydrogen-bond donors (Lipinski definition) is 1. The van der Waals surface area contributed by atoms with Gasteiger partial charge in [0.1, 0.15) is 5.75 Å². The lowest BCUT2D eigenvalue weighted by atomic mass is 10.3. The fourth-order valence-corrected chi connectivity index (χ4v) is 3.21. The molecule has 3 nitrogen and oxygen atoms in total. The summed E-state index contributed by atoms with van der Waals surface area (Å²) in [5.74, 6) is 0.828. The van der Waals surface area contributed by atoms with Crippen molar-refractivity contribution < 1.29 is 4.74 Å². The van der Waals surface area contributed by atoms with Gasteiger partial charge in [0.2, 0.25) is 0 Å². The molecule has 0 spiro atoms. The van der Waals surface area contributed by atoms with Gasteiger partial charge in [0.15, 0.2) is 5.13 Å². The Labute approximate surface area is 123 Å². The van der Waals surface area contributed by atoms with Crippen LogP contribution >= 0.6 is 27.3 Å². The van der Waals surface area contributed by atoms with Crippen LogP contribution in [0.15, 0.2) is 46.9 Å². The van der Waals surface area contributed by atoms with Crippen LogP contribution in [0.2, 0.25) is 0 Å². The van der Waals surface area contributed by atoms with E-state index in [-0.39, 0.29) is 0 Å². The van der Waals surface area contributed by atoms with E-state index in [2.05, 4.69) is 32.3 Å². The van der Waals surface area contributed by atoms with Gasteiger partial charge in [-0.05, 0) is 30.3 Å². The van der Waals surface area contributed by atoms with Crippen LogP contribution in [-0.4, -0.2) is 12.1 Å². The maximum absolute atomic E-state index is 5.20. The molecule has 0 aliphatic rings. The number of methoxy groups -OCH3 is 1. The number of benzene rings is 2. The normalized spacial score (nSPS) is 10.6. The highest BCUT2D eigenvalue weighted by atomic mass is 79.9. The van der Waals surface area contributed by atoms with Crippen LogP contribution in [0.5, 0.6) is 5.75 Å². The van der Waals surface area contributed by atoms with Gasteiger partial charge in [0.05, 0.1) is 17.3 Å². The predicted octanol–water partition coefficient (Wildman–Crippen LogP) is 4.81. The Bertz CT molecular complexity index is 726. The zero-order valence-electron chi connectivity index (χ0n) is 10.2. The second-order valence-corrected chi connectivity index (χ2v) is 5.93. The number of nitrogens with zero attached hydrogens (tertiary/aromatic N) is 1. The number of rotatable bonds is 3. The standard InChI is InChI=1S/C14H11BrN2OS/c1-18-11-4-2-3-10(8-11)16-14-17-12-6-5-9(15)7-13(12)19-14/h2-8H,1H3,(H,16,17). The second-order valence-electron chi connectivity index (χ2n) is 3.99. The Hall–Kier alpha value is -1.59. The topological polar surface area (TPSA) is 34.1 Å². The largest absolute Gasteiger partial charge is 0.497 e. The summed E-state index contributed by atoms with van der Waals surface area (Å²) < 4.78 is 7.42. The molecule has 96 valence electrons. The van der Waals surface area contributed by atoms with Gasteiger partial charge in [0.25, 0.3) is 0 Å². The van der Waals surface area contributed by atoms with Crippen LogP contribution in [0, 0.1) is 0 Å². The Kier molecular flexibility index (Phi) is 3.40. The van der Waals surface area contributed by atoms with Gasteiger partial charge < -0.3 is 10.1 Å². The van der Waals surface area contributed by atoms with Gasteiger partial charge in [0, 0.05) is 16.2 Å². The molecule has 5 heteroatoms. The summed E-state index contributed by atoms with van der Waals surface area (Å²) in [6.07, 6.45) is 0. The van der Waals surface area contributed by atoms with E-state index in [9.17, 15) is 0 Å². The zero-order valence-corrected chi connectivity index (χ0v) is 12.6. The first kappa shape index (κ1) is 12.4. The molecule has 1 aromatic heterocycles. The first-order chi connectivity index (χ1) is 9.24. The zero-order chi connectivity index (χ0) is 13.2. The molecule has 0 fully saturated rings. The van der Waals surface area contributed by atoms with Crippen LogP contribution in [0.25, 0.3) is 10.2 Å². The van der Waals surface area contributed by atoms with Gasteiger partial charge >= 0.3 is 0 Å². The summed E-state index contributed by atoms with van der Waals surface area (Å²) in [4.78, 5) is 4.55. The Morgan fingerprint density at radius 3 is 2.95 bits per heavy atom. The first-order valence-electron chi connectivity index (χ1n) is 5.72. The highest BCUT2D eigenvalue weighted by molar-refractivity contribution is 9.10. The molecule has 0 atom stereocenters. The molecule has 0 aliphatic carbocycles. The van der Waals surface area contributed by atoms with Crippen LogP contribution in [0.1, 0.15) is 0 Å². The fourth-order valence-electron chi connectivity index (χ4n) is 1.78. The molecule has 2 aromatic carbocycles. The summed E-state index contributed by atoms with van der Waals surface area (Å²) in [5.41, 5.74) is 1.97. The van der Waals surface area contributed by atoms with E-state index in [1.807, 2.05) is 36.4 Å². The first-order valence-corrected chi connectivity index (χ1v) is 7.33. The number of nitrogens with one attached hydrogen (secondary N) is 1. The van der Waals surface area contributed by atoms with Gasteiger partial charge in [-0.15, -0.1) is 0 Å². The molecule has 0 saturated heterocycles. The predicted molar refractivity (Wildman–Crippen MR) is 83.6 cm³/mol. The number of ether oxygens (including phenoxy) is 1. The quantitative estimate of drug-likeness (QED) is 0.746. The Morgan fingerprint density at radius 2 is 2.11 bits per heavy atom. The van der Waals surface area contributed by atoms with Crippen molar-refractivity contribution in [1.29, 1.82) is 0 Å². The van der Waals surface area contributed by atoms with Crippen LogP contribution in [-0.2, 0) is 0 Å². The molecule has 0 saturated carbocycles. The molecule has 0 aliphatic heterocycles. The average Bonchev–Trinajstić information content (AvgIpc) is 2.80. The highest BCUT2D eigenvalue weighted by Gasteiger charge is 2.05. The third-order valence-electron chi connectivity index (χ3n) is 2.67. The van der Waals surface area contributed by atoms with Gasteiger partial charge in [-0.25, -0.2) is 4.98 Å². The van der Waals surface area contributed by atoms with Crippen LogP contribution in [0.4, 0.5) is 10.8 Å². The number of fused-ring (bicyclic) bond motifs is 1. The molecule has 19 heavy (non-hydrogen) atoms. The van der Waals surface area contributed by atoms with E-state index >= 15 is 0 Å². The van der Waals surface area contributed by atoms with E-state index in [0.29, 0.717) is 0 Å². The van der Waals surface area contributed by atoms with Crippen molar-refractivity contribution in [1.82, 2.24) is 4.98 Å². The van der Waals surface area contributed by atoms with Crippen molar-refractivity contribution in [3.63, 3.8) is 0 Å². The molecule has 0 unspecified atom stereocenters. The molecule has 0 radical (unpaired) electrons. The Balaban J connectivity index is 1.92. The van der Waals surface area contributed by atoms with E-state index in [0.717, 1.165) is 31.3 Å². The van der Waals surface area contributed by atoms with Crippen molar-refractivity contribution in [2.75, 3.05) is 12.4 Å². The van der Waals surface area contributed by atoms with Gasteiger partial charge in [-0.3, -0.25) is 0 Å². The number of aromatic nitrogens is 1. The maximum atomic E-state index is 5.20. The summed E-state index contributed by atoms with van der Waals surface area (Å²) >= 11 is 5.10. The van der Waals surface area contributed by atoms with Crippen molar-refractivity contribution in [2.24, 2.45) is 0 Å². The summed E-state index contributed by atoms with van der Waals surface area (Å²) in [5, 5.41) is 4.18. The monoisotopic (exact) mass is 334 g/mol. The third-order valence-corrected chi connectivity index (χ3v) is 4.10. The number of halogens is 1. The lowest BCUT2D eigenvalue weighted by Gasteiger charge is -2.04. The van der Waals surface area contributed by atoms with Crippen molar-refractivity contribution in [3.05, 3.63) is 46.9 Å². The smallest absolute Gasteiger partial charge is 0.188 e. The second kappa shape index (κ2) is 5.19.